The molecule has 3 fully saturated rings. The Hall–Kier alpha value is -2.65. The summed E-state index contributed by atoms with van der Waals surface area (Å²) in [5.41, 5.74) is 10.2. The van der Waals surface area contributed by atoms with E-state index in [0.717, 1.165) is 66.1 Å². The van der Waals surface area contributed by atoms with E-state index in [9.17, 15) is 14.9 Å². The van der Waals surface area contributed by atoms with Crippen molar-refractivity contribution in [3.05, 3.63) is 62.7 Å². The molecule has 5 nitrogen and oxygen atoms in total. The van der Waals surface area contributed by atoms with E-state index in [2.05, 4.69) is 60.1 Å². The number of halogens is 1. The maximum Gasteiger partial charge on any atom is 0.302 e. The largest absolute Gasteiger partial charge is 0.462 e. The molecule has 0 saturated heterocycles. The van der Waals surface area contributed by atoms with Gasteiger partial charge in [0.15, 0.2) is 0 Å². The normalized spacial score (nSPS) is 36.9. The van der Waals surface area contributed by atoms with E-state index in [4.69, 9.17) is 10.5 Å². The van der Waals surface area contributed by atoms with Crippen molar-refractivity contribution in [3.63, 3.8) is 0 Å². The number of allylic oxidation sites excluding steroid dienone is 3. The lowest BCUT2D eigenvalue weighted by Crippen LogP contribution is -2.50. The van der Waals surface area contributed by atoms with Crippen molar-refractivity contribution in [2.45, 2.75) is 71.8 Å². The number of ether oxygens (including phenoxy) is 1. The third kappa shape index (κ3) is 4.40. The number of hydrogen-bond acceptors (Lipinski definition) is 4. The quantitative estimate of drug-likeness (QED) is 0.193. The predicted molar refractivity (Wildman–Crippen MR) is 147 cm³/mol. The summed E-state index contributed by atoms with van der Waals surface area (Å²) in [4.78, 5) is 24.0. The van der Waals surface area contributed by atoms with Crippen LogP contribution >= 0.6 is 15.9 Å². The van der Waals surface area contributed by atoms with E-state index >= 15 is 0 Å². The van der Waals surface area contributed by atoms with Gasteiger partial charge < -0.3 is 10.5 Å². The van der Waals surface area contributed by atoms with E-state index in [1.165, 1.54) is 12.5 Å². The fourth-order valence-electron chi connectivity index (χ4n) is 8.25. The first-order valence-corrected chi connectivity index (χ1v) is 14.1. The van der Waals surface area contributed by atoms with Gasteiger partial charge in [0.1, 0.15) is 17.7 Å². The fraction of sp³-hybridized carbons (Fsp3) is 0.516. The van der Waals surface area contributed by atoms with Crippen LogP contribution in [-0.2, 0) is 14.3 Å². The molecular weight excluding hydrogens is 528 g/mol. The summed E-state index contributed by atoms with van der Waals surface area (Å²) in [6.07, 6.45) is 11.1. The second kappa shape index (κ2) is 9.58. The van der Waals surface area contributed by atoms with Crippen LogP contribution in [0.1, 0.15) is 71.3 Å². The van der Waals surface area contributed by atoms with E-state index in [0.29, 0.717) is 17.8 Å². The van der Waals surface area contributed by atoms with Crippen LogP contribution in [0.5, 0.6) is 0 Å². The highest BCUT2D eigenvalue weighted by Crippen LogP contribution is 2.67. The summed E-state index contributed by atoms with van der Waals surface area (Å²) in [7, 11) is 0. The van der Waals surface area contributed by atoms with Crippen molar-refractivity contribution < 1.29 is 14.3 Å². The maximum atomic E-state index is 12.5. The van der Waals surface area contributed by atoms with E-state index in [1.54, 1.807) is 0 Å². The van der Waals surface area contributed by atoms with Crippen molar-refractivity contribution in [1.82, 2.24) is 0 Å². The van der Waals surface area contributed by atoms with Crippen LogP contribution in [0.15, 0.2) is 57.1 Å². The van der Waals surface area contributed by atoms with Gasteiger partial charge in [-0.05, 0) is 96.0 Å². The number of nitrogens with zero attached hydrogens (tertiary/aromatic N) is 1. The van der Waals surface area contributed by atoms with Crippen molar-refractivity contribution in [3.8, 4) is 6.07 Å². The molecule has 0 heterocycles. The number of amides is 1. The zero-order valence-corrected chi connectivity index (χ0v) is 23.4. The topological polar surface area (TPSA) is 93.2 Å². The van der Waals surface area contributed by atoms with Gasteiger partial charge in [0.2, 0.25) is 0 Å². The number of esters is 1. The third-order valence-corrected chi connectivity index (χ3v) is 10.5. The standard InChI is InChI=1S/C31H35BrN2O3/c1-18(35)37-23-10-12-30(2)21(16-23)6-9-24-26(30)11-13-31(3)27(24)15-20(28(31)25(17-33)29(34)36)14-19-4-7-22(32)8-5-19/h4-8,14,23-24,26-27H,9-13,15-16H2,1-3H3,(H2,34,36)/b20-14+,28-25+/t23-,24+,26-,27-,30-,31-/m0/s1. The highest BCUT2D eigenvalue weighted by atomic mass is 79.9. The van der Waals surface area contributed by atoms with Crippen LogP contribution in [0.25, 0.3) is 6.08 Å². The van der Waals surface area contributed by atoms with Gasteiger partial charge in [-0.25, -0.2) is 0 Å². The van der Waals surface area contributed by atoms with Crippen molar-refractivity contribution >= 4 is 33.9 Å². The summed E-state index contributed by atoms with van der Waals surface area (Å²) in [5.74, 6) is 0.512. The lowest BCUT2D eigenvalue weighted by Gasteiger charge is -2.57. The van der Waals surface area contributed by atoms with E-state index in [-0.39, 0.29) is 28.5 Å². The Morgan fingerprint density at radius 3 is 2.46 bits per heavy atom. The van der Waals surface area contributed by atoms with Crippen LogP contribution in [-0.4, -0.2) is 18.0 Å². The molecule has 0 aromatic heterocycles. The lowest BCUT2D eigenvalue weighted by molar-refractivity contribution is -0.148. The Kier molecular flexibility index (Phi) is 6.73. The summed E-state index contributed by atoms with van der Waals surface area (Å²) in [6.45, 7) is 6.16. The molecule has 0 unspecified atom stereocenters. The van der Waals surface area contributed by atoms with Gasteiger partial charge >= 0.3 is 5.97 Å². The third-order valence-electron chi connectivity index (χ3n) is 9.93. The van der Waals surface area contributed by atoms with Crippen LogP contribution < -0.4 is 5.73 Å². The number of benzene rings is 1. The van der Waals surface area contributed by atoms with Gasteiger partial charge in [-0.1, -0.05) is 59.6 Å². The SMILES string of the molecule is CC(=O)O[C@H]1CC[C@@]2(C)C(=CC[C@@H]3[C@@H]2CC[C@]2(C)C(=C(\C#N)C(N)=O)/C(=C/c4ccc(Br)cc4)C[C@@H]32)C1. The maximum absolute atomic E-state index is 12.5. The molecule has 5 rings (SSSR count). The average molecular weight is 564 g/mol. The van der Waals surface area contributed by atoms with Gasteiger partial charge in [-0.15, -0.1) is 0 Å². The highest BCUT2D eigenvalue weighted by Gasteiger charge is 2.59. The molecule has 6 heteroatoms. The van der Waals surface area contributed by atoms with Gasteiger partial charge in [0.25, 0.3) is 5.91 Å². The van der Waals surface area contributed by atoms with Crippen molar-refractivity contribution in [2.24, 2.45) is 34.3 Å². The zero-order valence-electron chi connectivity index (χ0n) is 21.9. The van der Waals surface area contributed by atoms with Crippen molar-refractivity contribution in [1.29, 1.82) is 5.26 Å². The molecule has 0 radical (unpaired) electrons. The first-order chi connectivity index (χ1) is 17.6. The second-order valence-corrected chi connectivity index (χ2v) is 12.8. The fourth-order valence-corrected chi connectivity index (χ4v) is 8.51. The molecule has 6 atom stereocenters. The number of rotatable bonds is 3. The zero-order chi connectivity index (χ0) is 26.5. The minimum absolute atomic E-state index is 0.0163. The Labute approximate surface area is 227 Å². The number of hydrogen-bond donors (Lipinski definition) is 1. The van der Waals surface area contributed by atoms with Crippen LogP contribution in [0.2, 0.25) is 0 Å². The number of nitrogens with two attached hydrogens (primary N) is 1. The molecule has 1 aromatic carbocycles. The molecule has 194 valence electrons. The molecule has 2 N–H and O–H groups in total. The molecule has 1 amide bonds. The Morgan fingerprint density at radius 1 is 1.11 bits per heavy atom. The average Bonchev–Trinajstić information content (AvgIpc) is 3.13. The number of primary amides is 1. The first-order valence-electron chi connectivity index (χ1n) is 13.3. The molecule has 0 aliphatic heterocycles. The number of fused-ring (bicyclic) bond motifs is 5. The summed E-state index contributed by atoms with van der Waals surface area (Å²) in [5, 5.41) is 10.0. The summed E-state index contributed by atoms with van der Waals surface area (Å²) >= 11 is 3.50. The molecule has 37 heavy (non-hydrogen) atoms. The molecule has 0 spiro atoms. The van der Waals surface area contributed by atoms with Crippen LogP contribution in [0.3, 0.4) is 0 Å². The lowest BCUT2D eigenvalue weighted by atomic mass is 9.47. The molecule has 0 bridgehead atoms. The van der Waals surface area contributed by atoms with Gasteiger partial charge in [-0.3, -0.25) is 9.59 Å². The Balaban J connectivity index is 1.54. The van der Waals surface area contributed by atoms with Crippen LogP contribution in [0, 0.1) is 39.9 Å². The number of carbonyl (C=O) groups excluding carboxylic acids is 2. The van der Waals surface area contributed by atoms with Crippen molar-refractivity contribution in [2.75, 3.05) is 0 Å². The Morgan fingerprint density at radius 2 is 1.81 bits per heavy atom. The summed E-state index contributed by atoms with van der Waals surface area (Å²) in [6, 6.07) is 10.3. The molecule has 3 saturated carbocycles. The minimum Gasteiger partial charge on any atom is -0.462 e. The highest BCUT2D eigenvalue weighted by molar-refractivity contribution is 9.10. The van der Waals surface area contributed by atoms with Gasteiger partial charge in [0.05, 0.1) is 0 Å². The molecular formula is C31H35BrN2O3. The first kappa shape index (κ1) is 26.0. The monoisotopic (exact) mass is 562 g/mol. The van der Waals surface area contributed by atoms with E-state index in [1.807, 2.05) is 12.1 Å². The van der Waals surface area contributed by atoms with Gasteiger partial charge in [-0.2, -0.15) is 5.26 Å². The molecule has 4 aliphatic rings. The number of nitriles is 1. The van der Waals surface area contributed by atoms with E-state index < -0.39 is 5.91 Å². The second-order valence-electron chi connectivity index (χ2n) is 11.8. The molecule has 1 aromatic rings. The van der Waals surface area contributed by atoms with Crippen LogP contribution in [0.4, 0.5) is 0 Å². The van der Waals surface area contributed by atoms with Gasteiger partial charge in [0, 0.05) is 17.8 Å². The summed E-state index contributed by atoms with van der Waals surface area (Å²) < 4.78 is 6.60. The predicted octanol–water partition coefficient (Wildman–Crippen LogP) is 6.64. The smallest absolute Gasteiger partial charge is 0.302 e. The Bertz CT molecular complexity index is 1270. The number of carbonyl (C=O) groups is 2. The molecule has 4 aliphatic carbocycles. The minimum atomic E-state index is -0.634.